The van der Waals surface area contributed by atoms with Crippen LogP contribution in [-0.4, -0.2) is 16.8 Å². The fourth-order valence-electron chi connectivity index (χ4n) is 1.52. The van der Waals surface area contributed by atoms with Gasteiger partial charge in [0.15, 0.2) is 5.58 Å². The molecule has 1 aromatic heterocycles. The molecule has 1 heterocycles. The van der Waals surface area contributed by atoms with Gasteiger partial charge in [-0.2, -0.15) is 0 Å². The first-order valence-electron chi connectivity index (χ1n) is 5.67. The SMILES string of the molecule is CC(C)(C)c1nc2cc(NC(=O)CCl)ccc2o1. The van der Waals surface area contributed by atoms with Gasteiger partial charge in [-0.25, -0.2) is 4.98 Å². The van der Waals surface area contributed by atoms with Crippen molar-refractivity contribution in [2.75, 3.05) is 11.2 Å². The fraction of sp³-hybridized carbons (Fsp3) is 0.385. The van der Waals surface area contributed by atoms with E-state index in [9.17, 15) is 4.79 Å². The Hall–Kier alpha value is -1.55. The summed E-state index contributed by atoms with van der Waals surface area (Å²) in [4.78, 5) is 15.6. The van der Waals surface area contributed by atoms with Crippen LogP contribution >= 0.6 is 11.6 Å². The van der Waals surface area contributed by atoms with Gasteiger partial charge in [0.25, 0.3) is 0 Å². The maximum Gasteiger partial charge on any atom is 0.239 e. The molecule has 1 aromatic carbocycles. The molecule has 0 unspecified atom stereocenters. The van der Waals surface area contributed by atoms with Crippen LogP contribution in [0.2, 0.25) is 0 Å². The Morgan fingerprint density at radius 1 is 1.44 bits per heavy atom. The Balaban J connectivity index is 2.37. The highest BCUT2D eigenvalue weighted by Gasteiger charge is 2.20. The number of rotatable bonds is 2. The second kappa shape index (κ2) is 4.61. The van der Waals surface area contributed by atoms with Crippen LogP contribution in [-0.2, 0) is 10.2 Å². The zero-order chi connectivity index (χ0) is 13.3. The van der Waals surface area contributed by atoms with Crippen molar-refractivity contribution in [2.24, 2.45) is 0 Å². The quantitative estimate of drug-likeness (QED) is 0.849. The largest absolute Gasteiger partial charge is 0.440 e. The molecule has 0 aliphatic carbocycles. The van der Waals surface area contributed by atoms with Gasteiger partial charge < -0.3 is 9.73 Å². The lowest BCUT2D eigenvalue weighted by atomic mass is 9.97. The van der Waals surface area contributed by atoms with E-state index in [1.807, 2.05) is 20.8 Å². The Bertz CT molecular complexity index is 584. The number of nitrogens with zero attached hydrogens (tertiary/aromatic N) is 1. The molecule has 0 saturated carbocycles. The summed E-state index contributed by atoms with van der Waals surface area (Å²) >= 11 is 5.44. The average Bonchev–Trinajstić information content (AvgIpc) is 2.71. The Morgan fingerprint density at radius 3 is 2.78 bits per heavy atom. The van der Waals surface area contributed by atoms with E-state index in [-0.39, 0.29) is 17.2 Å². The number of fused-ring (bicyclic) bond motifs is 1. The molecule has 0 atom stereocenters. The van der Waals surface area contributed by atoms with Crippen LogP contribution in [0.15, 0.2) is 22.6 Å². The lowest BCUT2D eigenvalue weighted by Gasteiger charge is -2.11. The van der Waals surface area contributed by atoms with Gasteiger partial charge in [-0.3, -0.25) is 4.79 Å². The number of carbonyl (C=O) groups excluding carboxylic acids is 1. The van der Waals surface area contributed by atoms with Crippen molar-refractivity contribution < 1.29 is 9.21 Å². The summed E-state index contributed by atoms with van der Waals surface area (Å²) in [5.74, 6) is 0.373. The standard InChI is InChI=1S/C13H15ClN2O2/c1-13(2,3)12-16-9-6-8(15-11(17)7-14)4-5-10(9)18-12/h4-6H,7H2,1-3H3,(H,15,17). The van der Waals surface area contributed by atoms with Crippen LogP contribution in [0.25, 0.3) is 11.1 Å². The summed E-state index contributed by atoms with van der Waals surface area (Å²) in [5, 5.41) is 2.68. The molecule has 2 rings (SSSR count). The molecule has 0 fully saturated rings. The van der Waals surface area contributed by atoms with Crippen LogP contribution in [0.4, 0.5) is 5.69 Å². The highest BCUT2D eigenvalue weighted by Crippen LogP contribution is 2.27. The van der Waals surface area contributed by atoms with Crippen molar-refractivity contribution in [1.29, 1.82) is 0 Å². The maximum atomic E-state index is 11.2. The van der Waals surface area contributed by atoms with Crippen molar-refractivity contribution in [1.82, 2.24) is 4.98 Å². The predicted molar refractivity (Wildman–Crippen MR) is 72.1 cm³/mol. The van der Waals surface area contributed by atoms with Gasteiger partial charge in [0.2, 0.25) is 11.8 Å². The van der Waals surface area contributed by atoms with E-state index >= 15 is 0 Å². The molecule has 2 aromatic rings. The number of amides is 1. The second-order valence-corrected chi connectivity index (χ2v) is 5.40. The van der Waals surface area contributed by atoms with E-state index in [1.165, 1.54) is 0 Å². The average molecular weight is 267 g/mol. The van der Waals surface area contributed by atoms with Crippen LogP contribution in [0.1, 0.15) is 26.7 Å². The second-order valence-electron chi connectivity index (χ2n) is 5.13. The number of alkyl halides is 1. The van der Waals surface area contributed by atoms with Gasteiger partial charge >= 0.3 is 0 Å². The molecular formula is C13H15ClN2O2. The molecule has 4 nitrogen and oxygen atoms in total. The summed E-state index contributed by atoms with van der Waals surface area (Å²) in [6.45, 7) is 6.11. The smallest absolute Gasteiger partial charge is 0.239 e. The predicted octanol–water partition coefficient (Wildman–Crippen LogP) is 3.30. The molecule has 0 aliphatic heterocycles. The third kappa shape index (κ3) is 2.64. The number of carbonyl (C=O) groups is 1. The van der Waals surface area contributed by atoms with Gasteiger partial charge in [0.1, 0.15) is 11.4 Å². The van der Waals surface area contributed by atoms with Crippen LogP contribution in [0.3, 0.4) is 0 Å². The minimum atomic E-state index is -0.240. The zero-order valence-corrected chi connectivity index (χ0v) is 11.3. The van der Waals surface area contributed by atoms with Crippen molar-refractivity contribution in [2.45, 2.75) is 26.2 Å². The minimum absolute atomic E-state index is 0.0654. The van der Waals surface area contributed by atoms with E-state index < -0.39 is 0 Å². The lowest BCUT2D eigenvalue weighted by Crippen LogP contribution is -2.12. The first-order valence-corrected chi connectivity index (χ1v) is 6.20. The topological polar surface area (TPSA) is 55.1 Å². The van der Waals surface area contributed by atoms with Crippen LogP contribution in [0.5, 0.6) is 0 Å². The van der Waals surface area contributed by atoms with Crippen molar-refractivity contribution >= 4 is 34.3 Å². The molecule has 0 bridgehead atoms. The number of oxazole rings is 1. The Morgan fingerprint density at radius 2 is 2.17 bits per heavy atom. The molecule has 0 saturated heterocycles. The normalized spacial score (nSPS) is 11.8. The first-order chi connectivity index (χ1) is 8.40. The number of nitrogens with one attached hydrogen (secondary N) is 1. The number of hydrogen-bond donors (Lipinski definition) is 1. The van der Waals surface area contributed by atoms with E-state index in [0.717, 1.165) is 5.52 Å². The molecule has 96 valence electrons. The number of halogens is 1. The number of aromatic nitrogens is 1. The van der Waals surface area contributed by atoms with Crippen LogP contribution in [0, 0.1) is 0 Å². The molecule has 0 radical (unpaired) electrons. The Kier molecular flexibility index (Phi) is 3.30. The monoisotopic (exact) mass is 266 g/mol. The van der Waals surface area contributed by atoms with E-state index in [1.54, 1.807) is 18.2 Å². The van der Waals surface area contributed by atoms with E-state index in [0.29, 0.717) is 17.2 Å². The molecule has 18 heavy (non-hydrogen) atoms. The summed E-state index contributed by atoms with van der Waals surface area (Å²) in [5.41, 5.74) is 1.97. The molecule has 1 amide bonds. The van der Waals surface area contributed by atoms with Crippen molar-refractivity contribution in [3.63, 3.8) is 0 Å². The van der Waals surface area contributed by atoms with E-state index in [4.69, 9.17) is 16.0 Å². The third-order valence-corrected chi connectivity index (χ3v) is 2.68. The first kappa shape index (κ1) is 12.9. The number of anilines is 1. The summed E-state index contributed by atoms with van der Waals surface area (Å²) in [7, 11) is 0. The highest BCUT2D eigenvalue weighted by molar-refractivity contribution is 6.29. The van der Waals surface area contributed by atoms with Crippen molar-refractivity contribution in [3.05, 3.63) is 24.1 Å². The maximum absolute atomic E-state index is 11.2. The third-order valence-electron chi connectivity index (χ3n) is 2.43. The zero-order valence-electron chi connectivity index (χ0n) is 10.6. The van der Waals surface area contributed by atoms with Gasteiger partial charge in [-0.15, -0.1) is 11.6 Å². The molecule has 0 aliphatic rings. The van der Waals surface area contributed by atoms with Crippen molar-refractivity contribution in [3.8, 4) is 0 Å². The van der Waals surface area contributed by atoms with Gasteiger partial charge in [0, 0.05) is 11.1 Å². The lowest BCUT2D eigenvalue weighted by molar-refractivity contribution is -0.113. The molecule has 5 heteroatoms. The number of benzene rings is 1. The minimum Gasteiger partial charge on any atom is -0.440 e. The Labute approximate surface area is 110 Å². The highest BCUT2D eigenvalue weighted by atomic mass is 35.5. The van der Waals surface area contributed by atoms with Gasteiger partial charge in [0.05, 0.1) is 0 Å². The van der Waals surface area contributed by atoms with Crippen LogP contribution < -0.4 is 5.32 Å². The molecular weight excluding hydrogens is 252 g/mol. The van der Waals surface area contributed by atoms with E-state index in [2.05, 4.69) is 10.3 Å². The molecule has 1 N–H and O–H groups in total. The van der Waals surface area contributed by atoms with Gasteiger partial charge in [-0.05, 0) is 18.2 Å². The number of hydrogen-bond acceptors (Lipinski definition) is 3. The summed E-state index contributed by atoms with van der Waals surface area (Å²) in [6.07, 6.45) is 0. The summed E-state index contributed by atoms with van der Waals surface area (Å²) < 4.78 is 5.67. The fourth-order valence-corrected chi connectivity index (χ4v) is 1.59. The van der Waals surface area contributed by atoms with Gasteiger partial charge in [-0.1, -0.05) is 20.8 Å². The molecule has 0 spiro atoms. The summed E-state index contributed by atoms with van der Waals surface area (Å²) in [6, 6.07) is 5.34.